The topological polar surface area (TPSA) is 38.8 Å². The molecule has 3 rings (SSSR count). The minimum atomic E-state index is -3.45. The third-order valence-corrected chi connectivity index (χ3v) is 5.87. The molecule has 0 spiro atoms. The highest BCUT2D eigenvalue weighted by Crippen LogP contribution is 2.59. The van der Waals surface area contributed by atoms with Crippen molar-refractivity contribution in [3.8, 4) is 5.75 Å². The highest BCUT2D eigenvalue weighted by atomic mass is 31.2. The minimum absolute atomic E-state index is 0.0701. The Morgan fingerprint density at radius 1 is 1.05 bits per heavy atom. The molecule has 1 aliphatic rings. The molecule has 1 heterocycles. The van der Waals surface area contributed by atoms with Crippen LogP contribution in [0.3, 0.4) is 0 Å². The van der Waals surface area contributed by atoms with E-state index < -0.39 is 7.75 Å². The average molecular weight is 317 g/mol. The fraction of sp³-hybridized carbons (Fsp3) is 0.294. The van der Waals surface area contributed by atoms with Crippen molar-refractivity contribution in [3.05, 3.63) is 60.7 Å². The van der Waals surface area contributed by atoms with E-state index in [2.05, 4.69) is 0 Å². The predicted octanol–water partition coefficient (Wildman–Crippen LogP) is 4.88. The Morgan fingerprint density at radius 3 is 2.27 bits per heavy atom. The van der Waals surface area contributed by atoms with E-state index in [-0.39, 0.29) is 12.1 Å². The second-order valence-electron chi connectivity index (χ2n) is 5.55. The zero-order valence-corrected chi connectivity index (χ0v) is 13.6. The van der Waals surface area contributed by atoms with Gasteiger partial charge in [-0.15, -0.1) is 0 Å². The second kappa shape index (κ2) is 6.15. The van der Waals surface area contributed by atoms with Crippen LogP contribution in [0, 0.1) is 0 Å². The lowest BCUT2D eigenvalue weighted by molar-refractivity contribution is 0.154. The Hall–Kier alpha value is -1.77. The standard InChI is InChI=1S/C17H20NO3P/c1-14-13-15(2)20-22(19,21-17-11-7-4-8-12-17)18(14)16-9-5-3-6-10-16/h3-12,14-15H,13H2,1-2H3/t14-,15+,22-/m1/s1. The molecule has 0 aromatic heterocycles. The molecule has 116 valence electrons. The van der Waals surface area contributed by atoms with Crippen LogP contribution in [0.1, 0.15) is 20.3 Å². The summed E-state index contributed by atoms with van der Waals surface area (Å²) in [5, 5.41) is 0. The van der Waals surface area contributed by atoms with E-state index in [1.165, 1.54) is 0 Å². The second-order valence-corrected chi connectivity index (χ2v) is 7.32. The Morgan fingerprint density at radius 2 is 1.64 bits per heavy atom. The van der Waals surface area contributed by atoms with Gasteiger partial charge in [0.05, 0.1) is 6.10 Å². The molecule has 5 heteroatoms. The molecule has 0 unspecified atom stereocenters. The molecule has 3 atom stereocenters. The number of nitrogens with zero attached hydrogens (tertiary/aromatic N) is 1. The molecule has 0 amide bonds. The van der Waals surface area contributed by atoms with Crippen molar-refractivity contribution in [3.63, 3.8) is 0 Å². The Labute approximate surface area is 131 Å². The van der Waals surface area contributed by atoms with Gasteiger partial charge in [-0.2, -0.15) is 0 Å². The lowest BCUT2D eigenvalue weighted by Gasteiger charge is -2.42. The summed E-state index contributed by atoms with van der Waals surface area (Å²) in [6.07, 6.45) is 0.696. The normalized spacial score (nSPS) is 28.4. The number of anilines is 1. The van der Waals surface area contributed by atoms with Crippen molar-refractivity contribution in [1.29, 1.82) is 0 Å². The molecule has 0 bridgehead atoms. The Kier molecular flexibility index (Phi) is 4.23. The first-order chi connectivity index (χ1) is 10.6. The summed E-state index contributed by atoms with van der Waals surface area (Å²) in [6, 6.07) is 18.9. The van der Waals surface area contributed by atoms with Crippen LogP contribution < -0.4 is 9.19 Å². The summed E-state index contributed by atoms with van der Waals surface area (Å²) in [4.78, 5) is 0. The van der Waals surface area contributed by atoms with Crippen LogP contribution in [0.25, 0.3) is 0 Å². The highest BCUT2D eigenvalue weighted by Gasteiger charge is 2.45. The lowest BCUT2D eigenvalue weighted by atomic mass is 10.1. The molecule has 1 aliphatic heterocycles. The van der Waals surface area contributed by atoms with Crippen LogP contribution in [-0.2, 0) is 9.09 Å². The minimum Gasteiger partial charge on any atom is -0.409 e. The van der Waals surface area contributed by atoms with Crippen LogP contribution in [0.4, 0.5) is 5.69 Å². The predicted molar refractivity (Wildman–Crippen MR) is 88.2 cm³/mol. The van der Waals surface area contributed by atoms with Gasteiger partial charge < -0.3 is 4.52 Å². The number of hydrogen-bond donors (Lipinski definition) is 0. The van der Waals surface area contributed by atoms with Crippen LogP contribution >= 0.6 is 7.75 Å². The molecule has 2 aromatic rings. The third-order valence-electron chi connectivity index (χ3n) is 3.65. The lowest BCUT2D eigenvalue weighted by Crippen LogP contribution is -2.40. The third kappa shape index (κ3) is 3.03. The molecule has 0 aliphatic carbocycles. The molecular weight excluding hydrogens is 297 g/mol. The smallest absolute Gasteiger partial charge is 0.409 e. The van der Waals surface area contributed by atoms with E-state index in [1.807, 2.05) is 62.4 Å². The van der Waals surface area contributed by atoms with Gasteiger partial charge in [0.25, 0.3) is 0 Å². The van der Waals surface area contributed by atoms with Crippen LogP contribution in [0.15, 0.2) is 60.7 Å². The monoisotopic (exact) mass is 317 g/mol. The van der Waals surface area contributed by atoms with E-state index >= 15 is 0 Å². The molecule has 2 aromatic carbocycles. The maximum atomic E-state index is 13.4. The summed E-state index contributed by atoms with van der Waals surface area (Å²) in [6.45, 7) is 3.98. The first-order valence-electron chi connectivity index (χ1n) is 7.46. The number of hydrogen-bond acceptors (Lipinski definition) is 3. The van der Waals surface area contributed by atoms with Gasteiger partial charge >= 0.3 is 7.75 Å². The molecule has 4 nitrogen and oxygen atoms in total. The number of benzene rings is 2. The van der Waals surface area contributed by atoms with Gasteiger partial charge in [-0.05, 0) is 44.5 Å². The van der Waals surface area contributed by atoms with Crippen molar-refractivity contribution < 1.29 is 13.6 Å². The Bertz CT molecular complexity index is 662. The van der Waals surface area contributed by atoms with Gasteiger partial charge in [-0.25, -0.2) is 4.57 Å². The van der Waals surface area contributed by atoms with Gasteiger partial charge in [0.2, 0.25) is 0 Å². The maximum absolute atomic E-state index is 13.4. The van der Waals surface area contributed by atoms with Gasteiger partial charge in [-0.1, -0.05) is 36.4 Å². The van der Waals surface area contributed by atoms with E-state index in [4.69, 9.17) is 9.05 Å². The fourth-order valence-electron chi connectivity index (χ4n) is 2.80. The zero-order valence-electron chi connectivity index (χ0n) is 12.8. The van der Waals surface area contributed by atoms with Crippen LogP contribution in [0.2, 0.25) is 0 Å². The van der Waals surface area contributed by atoms with E-state index in [0.29, 0.717) is 5.75 Å². The van der Waals surface area contributed by atoms with Crippen molar-refractivity contribution >= 4 is 13.4 Å². The first-order valence-corrected chi connectivity index (χ1v) is 8.96. The molecule has 22 heavy (non-hydrogen) atoms. The van der Waals surface area contributed by atoms with Crippen molar-refractivity contribution in [2.24, 2.45) is 0 Å². The van der Waals surface area contributed by atoms with Crippen molar-refractivity contribution in [1.82, 2.24) is 0 Å². The quantitative estimate of drug-likeness (QED) is 0.757. The van der Waals surface area contributed by atoms with Crippen LogP contribution in [0.5, 0.6) is 5.75 Å². The Balaban J connectivity index is 1.98. The summed E-state index contributed by atoms with van der Waals surface area (Å²) in [5.41, 5.74) is 0.848. The fourth-order valence-corrected chi connectivity index (χ4v) is 4.95. The molecule has 0 N–H and O–H groups in total. The number of rotatable bonds is 3. The maximum Gasteiger partial charge on any atom is 0.489 e. The van der Waals surface area contributed by atoms with Gasteiger partial charge in [0.15, 0.2) is 0 Å². The summed E-state index contributed by atoms with van der Waals surface area (Å²) in [7, 11) is -3.45. The summed E-state index contributed by atoms with van der Waals surface area (Å²) in [5.74, 6) is 0.549. The molecule has 0 radical (unpaired) electrons. The largest absolute Gasteiger partial charge is 0.489 e. The molecule has 1 saturated heterocycles. The van der Waals surface area contributed by atoms with E-state index in [1.54, 1.807) is 16.8 Å². The van der Waals surface area contributed by atoms with Crippen LogP contribution in [-0.4, -0.2) is 12.1 Å². The van der Waals surface area contributed by atoms with Gasteiger partial charge in [0, 0.05) is 11.7 Å². The first kappa shape index (κ1) is 15.1. The summed E-state index contributed by atoms with van der Waals surface area (Å²) >= 11 is 0. The zero-order chi connectivity index (χ0) is 15.6. The average Bonchev–Trinajstić information content (AvgIpc) is 2.48. The van der Waals surface area contributed by atoms with E-state index in [9.17, 15) is 4.57 Å². The van der Waals surface area contributed by atoms with E-state index in [0.717, 1.165) is 12.1 Å². The molecular formula is C17H20NO3P. The SMILES string of the molecule is C[C@@H]1C[C@H](C)O[P@@](=O)(Oc2ccccc2)N1c1ccccc1. The number of para-hydroxylation sites is 2. The molecule has 0 saturated carbocycles. The molecule has 1 fully saturated rings. The van der Waals surface area contributed by atoms with Gasteiger partial charge in [-0.3, -0.25) is 9.19 Å². The summed E-state index contributed by atoms with van der Waals surface area (Å²) < 4.78 is 26.8. The van der Waals surface area contributed by atoms with Gasteiger partial charge in [0.1, 0.15) is 5.75 Å². The van der Waals surface area contributed by atoms with Crippen molar-refractivity contribution in [2.75, 3.05) is 4.67 Å². The van der Waals surface area contributed by atoms with Crippen molar-refractivity contribution in [2.45, 2.75) is 32.4 Å². The highest BCUT2D eigenvalue weighted by molar-refractivity contribution is 7.56.